The number of hydrogen-bond donors (Lipinski definition) is 3. The molecule has 0 atom stereocenters. The maximum Gasteiger partial charge on any atom is 0.251 e. The van der Waals surface area contributed by atoms with Gasteiger partial charge in [0.1, 0.15) is 11.5 Å². The lowest BCUT2D eigenvalue weighted by molar-refractivity contribution is 0.0954. The molecular weight excluding hydrogens is 483 g/mol. The summed E-state index contributed by atoms with van der Waals surface area (Å²) in [6.07, 6.45) is 0.849. The minimum absolute atomic E-state index is 0. The lowest BCUT2D eigenvalue weighted by atomic mass is 10.2. The third-order valence-electron chi connectivity index (χ3n) is 3.88. The van der Waals surface area contributed by atoms with Crippen LogP contribution in [-0.2, 0) is 0 Å². The number of guanidine groups is 1. The predicted octanol–water partition coefficient (Wildman–Crippen LogP) is 2.68. The fourth-order valence-electron chi connectivity index (χ4n) is 2.43. The highest BCUT2D eigenvalue weighted by Crippen LogP contribution is 2.12. The van der Waals surface area contributed by atoms with Crippen molar-refractivity contribution < 1.29 is 14.3 Å². The van der Waals surface area contributed by atoms with E-state index in [1.165, 1.54) is 0 Å². The number of halogens is 1. The highest BCUT2D eigenvalue weighted by atomic mass is 127. The molecule has 8 heteroatoms. The standard InChI is InChI=1S/C21H28N4O3.HI/c1-22-21(24-12-7-15-28-18-9-4-3-5-10-18)25-14-13-23-20(26)17-8-6-11-19(16-17)27-2;/h3-6,8-11,16H,7,12-15H2,1-2H3,(H,23,26)(H2,22,24,25);1H. The Bertz CT molecular complexity index is 757. The molecule has 0 heterocycles. The van der Waals surface area contributed by atoms with Crippen molar-refractivity contribution in [2.45, 2.75) is 6.42 Å². The summed E-state index contributed by atoms with van der Waals surface area (Å²) in [5.74, 6) is 2.08. The number of aliphatic imine (C=N–C) groups is 1. The van der Waals surface area contributed by atoms with E-state index in [-0.39, 0.29) is 29.9 Å². The van der Waals surface area contributed by atoms with Gasteiger partial charge in [-0.25, -0.2) is 0 Å². The minimum Gasteiger partial charge on any atom is -0.497 e. The number of carbonyl (C=O) groups excluding carboxylic acids is 1. The van der Waals surface area contributed by atoms with Crippen LogP contribution in [0.2, 0.25) is 0 Å². The van der Waals surface area contributed by atoms with E-state index in [0.29, 0.717) is 37.0 Å². The summed E-state index contributed by atoms with van der Waals surface area (Å²) in [6.45, 7) is 2.41. The van der Waals surface area contributed by atoms with Gasteiger partial charge in [0.15, 0.2) is 5.96 Å². The average molecular weight is 512 g/mol. The Morgan fingerprint density at radius 2 is 1.62 bits per heavy atom. The van der Waals surface area contributed by atoms with Gasteiger partial charge in [-0.3, -0.25) is 9.79 Å². The van der Waals surface area contributed by atoms with Gasteiger partial charge in [0.05, 0.1) is 13.7 Å². The maximum absolute atomic E-state index is 12.1. The Morgan fingerprint density at radius 1 is 0.931 bits per heavy atom. The van der Waals surface area contributed by atoms with Crippen molar-refractivity contribution >= 4 is 35.8 Å². The summed E-state index contributed by atoms with van der Waals surface area (Å²) in [6, 6.07) is 16.8. The number of nitrogens with one attached hydrogen (secondary N) is 3. The first-order valence-corrected chi connectivity index (χ1v) is 9.27. The van der Waals surface area contributed by atoms with Crippen molar-refractivity contribution in [1.29, 1.82) is 0 Å². The van der Waals surface area contributed by atoms with Crippen LogP contribution >= 0.6 is 24.0 Å². The van der Waals surface area contributed by atoms with Gasteiger partial charge in [-0.15, -0.1) is 24.0 Å². The van der Waals surface area contributed by atoms with Crippen LogP contribution in [0.1, 0.15) is 16.8 Å². The van der Waals surface area contributed by atoms with Gasteiger partial charge in [-0.1, -0.05) is 24.3 Å². The number of rotatable bonds is 10. The molecule has 3 N–H and O–H groups in total. The number of methoxy groups -OCH3 is 1. The second-order valence-corrected chi connectivity index (χ2v) is 5.93. The fourth-order valence-corrected chi connectivity index (χ4v) is 2.43. The number of nitrogens with zero attached hydrogens (tertiary/aromatic N) is 1. The molecule has 0 aliphatic heterocycles. The molecule has 2 aromatic carbocycles. The van der Waals surface area contributed by atoms with Crippen LogP contribution < -0.4 is 25.4 Å². The summed E-state index contributed by atoms with van der Waals surface area (Å²) in [5.41, 5.74) is 0.570. The highest BCUT2D eigenvalue weighted by molar-refractivity contribution is 14.0. The molecule has 29 heavy (non-hydrogen) atoms. The van der Waals surface area contributed by atoms with Gasteiger partial charge >= 0.3 is 0 Å². The monoisotopic (exact) mass is 512 g/mol. The normalized spacial score (nSPS) is 10.5. The molecule has 0 radical (unpaired) electrons. The van der Waals surface area contributed by atoms with Crippen LogP contribution in [0.4, 0.5) is 0 Å². The molecule has 0 aromatic heterocycles. The molecule has 1 amide bonds. The fraction of sp³-hybridized carbons (Fsp3) is 0.333. The van der Waals surface area contributed by atoms with Crippen LogP contribution in [0, 0.1) is 0 Å². The number of para-hydroxylation sites is 1. The Labute approximate surface area is 189 Å². The average Bonchev–Trinajstić information content (AvgIpc) is 2.75. The van der Waals surface area contributed by atoms with Gasteiger partial charge in [-0.2, -0.15) is 0 Å². The van der Waals surface area contributed by atoms with Crippen molar-refractivity contribution in [2.75, 3.05) is 40.4 Å². The molecule has 158 valence electrons. The van der Waals surface area contributed by atoms with Crippen LogP contribution in [-0.4, -0.2) is 52.3 Å². The van der Waals surface area contributed by atoms with E-state index in [1.54, 1.807) is 38.4 Å². The first-order chi connectivity index (χ1) is 13.7. The summed E-state index contributed by atoms with van der Waals surface area (Å²) < 4.78 is 10.8. The Hall–Kier alpha value is -2.49. The molecule has 0 spiro atoms. The number of amides is 1. The summed E-state index contributed by atoms with van der Waals surface area (Å²) in [4.78, 5) is 16.3. The third-order valence-corrected chi connectivity index (χ3v) is 3.88. The quantitative estimate of drug-likeness (QED) is 0.197. The zero-order valence-electron chi connectivity index (χ0n) is 16.8. The van der Waals surface area contributed by atoms with Gasteiger partial charge in [0.25, 0.3) is 5.91 Å². The summed E-state index contributed by atoms with van der Waals surface area (Å²) in [5, 5.41) is 9.25. The maximum atomic E-state index is 12.1. The minimum atomic E-state index is -0.137. The van der Waals surface area contributed by atoms with Crippen molar-refractivity contribution in [3.8, 4) is 11.5 Å². The number of carbonyl (C=O) groups is 1. The second kappa shape index (κ2) is 14.5. The van der Waals surface area contributed by atoms with Crippen LogP contribution in [0.15, 0.2) is 59.6 Å². The second-order valence-electron chi connectivity index (χ2n) is 5.93. The van der Waals surface area contributed by atoms with E-state index in [1.807, 2.05) is 30.3 Å². The molecule has 0 fully saturated rings. The summed E-state index contributed by atoms with van der Waals surface area (Å²) in [7, 11) is 3.29. The zero-order valence-corrected chi connectivity index (χ0v) is 19.1. The molecule has 2 aromatic rings. The highest BCUT2D eigenvalue weighted by Gasteiger charge is 2.06. The lowest BCUT2D eigenvalue weighted by Crippen LogP contribution is -2.42. The molecule has 0 saturated carbocycles. The smallest absolute Gasteiger partial charge is 0.251 e. The molecule has 0 aliphatic carbocycles. The number of ether oxygens (including phenoxy) is 2. The molecule has 0 unspecified atom stereocenters. The van der Waals surface area contributed by atoms with E-state index in [4.69, 9.17) is 9.47 Å². The van der Waals surface area contributed by atoms with Gasteiger partial charge in [0, 0.05) is 32.2 Å². The molecule has 2 rings (SSSR count). The summed E-state index contributed by atoms with van der Waals surface area (Å²) >= 11 is 0. The van der Waals surface area contributed by atoms with Gasteiger partial charge < -0.3 is 25.4 Å². The zero-order chi connectivity index (χ0) is 20.0. The topological polar surface area (TPSA) is 84.0 Å². The number of hydrogen-bond acceptors (Lipinski definition) is 4. The van der Waals surface area contributed by atoms with Crippen LogP contribution in [0.3, 0.4) is 0 Å². The SMILES string of the molecule is CN=C(NCCCOc1ccccc1)NCCNC(=O)c1cccc(OC)c1.I. The van der Waals surface area contributed by atoms with Gasteiger partial charge in [0.2, 0.25) is 0 Å². The van der Waals surface area contributed by atoms with Crippen LogP contribution in [0.5, 0.6) is 11.5 Å². The van der Waals surface area contributed by atoms with E-state index in [9.17, 15) is 4.79 Å². The molecule has 0 saturated heterocycles. The molecule has 0 bridgehead atoms. The predicted molar refractivity (Wildman–Crippen MR) is 127 cm³/mol. The first kappa shape index (κ1) is 24.5. The molecule has 0 aliphatic rings. The molecular formula is C21H29IN4O3. The number of benzene rings is 2. The Morgan fingerprint density at radius 3 is 2.34 bits per heavy atom. The van der Waals surface area contributed by atoms with E-state index < -0.39 is 0 Å². The Kier molecular flexibility index (Phi) is 12.3. The van der Waals surface area contributed by atoms with Crippen molar-refractivity contribution in [3.63, 3.8) is 0 Å². The largest absolute Gasteiger partial charge is 0.497 e. The van der Waals surface area contributed by atoms with Gasteiger partial charge in [-0.05, 0) is 36.8 Å². The van der Waals surface area contributed by atoms with Crippen LogP contribution in [0.25, 0.3) is 0 Å². The van der Waals surface area contributed by atoms with E-state index >= 15 is 0 Å². The van der Waals surface area contributed by atoms with Crippen molar-refractivity contribution in [3.05, 3.63) is 60.2 Å². The van der Waals surface area contributed by atoms with Crippen molar-refractivity contribution in [2.24, 2.45) is 4.99 Å². The Balaban J connectivity index is 0.00000420. The van der Waals surface area contributed by atoms with Crippen molar-refractivity contribution in [1.82, 2.24) is 16.0 Å². The first-order valence-electron chi connectivity index (χ1n) is 9.27. The lowest BCUT2D eigenvalue weighted by Gasteiger charge is -2.13. The van der Waals surface area contributed by atoms with E-state index in [0.717, 1.165) is 18.7 Å². The third kappa shape index (κ3) is 9.51. The van der Waals surface area contributed by atoms with E-state index in [2.05, 4.69) is 20.9 Å². The molecule has 7 nitrogen and oxygen atoms in total.